The van der Waals surface area contributed by atoms with Crippen molar-refractivity contribution in [3.8, 4) is 27.0 Å². The van der Waals surface area contributed by atoms with Crippen LogP contribution >= 0.6 is 11.3 Å². The van der Waals surface area contributed by atoms with E-state index in [1.165, 1.54) is 4.72 Å². The van der Waals surface area contributed by atoms with Crippen LogP contribution < -0.4 is 9.46 Å². The van der Waals surface area contributed by atoms with Crippen LogP contribution in [0.5, 0.6) is 5.75 Å². The summed E-state index contributed by atoms with van der Waals surface area (Å²) in [6.45, 7) is 4.10. The Morgan fingerprint density at radius 1 is 1.11 bits per heavy atom. The standard InChI is InChI=1S/C27H30F6N4O6S2/c1-15(26(28,29)30)37-45(39,40)17-9-10-18(20(12-17)42-27(31,32)33)22-19(11-16-7-5-4-6-8-16)34-24(44-22)23-35-21(43-36-23)13-25(2,3)41-14-38/h9-10,12,14-16,37H,4-8,11,13H2,1-3H3/t15-/m0/s1. The maximum Gasteiger partial charge on any atom is 0.573 e. The molecule has 1 fully saturated rings. The van der Waals surface area contributed by atoms with Gasteiger partial charge < -0.3 is 14.0 Å². The van der Waals surface area contributed by atoms with E-state index >= 15 is 0 Å². The Kier molecular flexibility index (Phi) is 10.2. The number of carbonyl (C=O) groups is 1. The van der Waals surface area contributed by atoms with E-state index in [1.807, 2.05) is 0 Å². The van der Waals surface area contributed by atoms with Crippen molar-refractivity contribution in [2.45, 2.75) is 94.8 Å². The first-order valence-corrected chi connectivity index (χ1v) is 16.1. The Balaban J connectivity index is 1.79. The molecule has 1 aromatic carbocycles. The first kappa shape index (κ1) is 34.6. The topological polar surface area (TPSA) is 134 Å². The summed E-state index contributed by atoms with van der Waals surface area (Å²) >= 11 is 0.919. The maximum absolute atomic E-state index is 13.6. The molecule has 2 aromatic heterocycles. The number of hydrogen-bond acceptors (Lipinski definition) is 10. The Bertz CT molecular complexity index is 1600. The summed E-state index contributed by atoms with van der Waals surface area (Å²) in [6.07, 6.45) is -5.00. The molecule has 18 heteroatoms. The molecule has 0 aliphatic heterocycles. The zero-order valence-electron chi connectivity index (χ0n) is 24.3. The van der Waals surface area contributed by atoms with Gasteiger partial charge in [-0.3, -0.25) is 4.79 Å². The van der Waals surface area contributed by atoms with Crippen molar-refractivity contribution in [1.29, 1.82) is 0 Å². The van der Waals surface area contributed by atoms with Crippen LogP contribution in [0, 0.1) is 5.92 Å². The van der Waals surface area contributed by atoms with Crippen molar-refractivity contribution in [3.05, 3.63) is 29.8 Å². The average Bonchev–Trinajstić information content (AvgIpc) is 3.54. The number of alkyl halides is 6. The molecule has 0 bridgehead atoms. The number of aromatic nitrogens is 3. The molecule has 2 heterocycles. The number of thiazole rings is 1. The largest absolute Gasteiger partial charge is 0.573 e. The van der Waals surface area contributed by atoms with Crippen LogP contribution in [-0.4, -0.2) is 54.2 Å². The second-order valence-corrected chi connectivity index (χ2v) is 14.0. The normalized spacial score (nSPS) is 16.0. The predicted octanol–water partition coefficient (Wildman–Crippen LogP) is 6.60. The molecule has 45 heavy (non-hydrogen) atoms. The van der Waals surface area contributed by atoms with Crippen molar-refractivity contribution < 1.29 is 53.6 Å². The first-order chi connectivity index (χ1) is 20.9. The highest BCUT2D eigenvalue weighted by Crippen LogP contribution is 2.43. The molecule has 10 nitrogen and oxygen atoms in total. The van der Waals surface area contributed by atoms with Gasteiger partial charge in [0, 0.05) is 11.6 Å². The molecule has 1 aliphatic carbocycles. The summed E-state index contributed by atoms with van der Waals surface area (Å²) in [5.74, 6) is -0.629. The molecule has 248 valence electrons. The number of benzene rings is 1. The minimum atomic E-state index is -5.26. The molecule has 0 spiro atoms. The summed E-state index contributed by atoms with van der Waals surface area (Å²) in [5.41, 5.74) is -0.747. The Morgan fingerprint density at radius 2 is 1.80 bits per heavy atom. The van der Waals surface area contributed by atoms with E-state index in [4.69, 9.17) is 9.26 Å². The number of hydrogen-bond donors (Lipinski definition) is 1. The highest BCUT2D eigenvalue weighted by atomic mass is 32.2. The lowest BCUT2D eigenvalue weighted by molar-refractivity contribution is -0.274. The summed E-state index contributed by atoms with van der Waals surface area (Å²) in [5, 5.41) is 4.12. The van der Waals surface area contributed by atoms with Gasteiger partial charge in [-0.05, 0) is 45.2 Å². The number of sulfonamides is 1. The Hall–Kier alpha value is -3.25. The average molecular weight is 685 g/mol. The molecular weight excluding hydrogens is 654 g/mol. The van der Waals surface area contributed by atoms with Gasteiger partial charge in [0.1, 0.15) is 17.4 Å². The van der Waals surface area contributed by atoms with E-state index in [0.717, 1.165) is 55.6 Å². The monoisotopic (exact) mass is 684 g/mol. The molecule has 3 aromatic rings. The van der Waals surface area contributed by atoms with Crippen LogP contribution in [0.15, 0.2) is 27.6 Å². The summed E-state index contributed by atoms with van der Waals surface area (Å²) in [7, 11) is -4.90. The molecular formula is C27H30F6N4O6S2. The molecule has 1 N–H and O–H groups in total. The number of nitrogens with one attached hydrogen (secondary N) is 1. The maximum atomic E-state index is 13.6. The Morgan fingerprint density at radius 3 is 2.42 bits per heavy atom. The number of halogens is 6. The molecule has 0 saturated heterocycles. The number of rotatable bonds is 12. The number of ether oxygens (including phenoxy) is 2. The summed E-state index contributed by atoms with van der Waals surface area (Å²) in [6, 6.07) is -0.0402. The van der Waals surface area contributed by atoms with Gasteiger partial charge in [0.25, 0.3) is 6.47 Å². The van der Waals surface area contributed by atoms with Crippen LogP contribution in [0.2, 0.25) is 0 Å². The third-order valence-electron chi connectivity index (χ3n) is 7.06. The summed E-state index contributed by atoms with van der Waals surface area (Å²) in [4.78, 5) is 19.1. The van der Waals surface area contributed by atoms with E-state index in [-0.39, 0.29) is 46.0 Å². The van der Waals surface area contributed by atoms with E-state index in [1.54, 1.807) is 13.8 Å². The molecule has 1 saturated carbocycles. The van der Waals surface area contributed by atoms with Gasteiger partial charge >= 0.3 is 12.5 Å². The van der Waals surface area contributed by atoms with Gasteiger partial charge in [-0.15, -0.1) is 24.5 Å². The fourth-order valence-electron chi connectivity index (χ4n) is 4.84. The SMILES string of the molecule is C[C@H](NS(=O)(=O)c1ccc(-c2sc(-c3noc(CC(C)(C)OC=O)n3)nc2CC2CCCCC2)c(OC(F)(F)F)c1)C(F)(F)F. The number of carbonyl (C=O) groups excluding carboxylic acids is 1. The van der Waals surface area contributed by atoms with Crippen molar-refractivity contribution >= 4 is 27.8 Å². The second-order valence-electron chi connectivity index (χ2n) is 11.3. The van der Waals surface area contributed by atoms with Crippen LogP contribution in [0.1, 0.15) is 64.5 Å². The number of nitrogens with zero attached hydrogens (tertiary/aromatic N) is 3. The first-order valence-electron chi connectivity index (χ1n) is 13.8. The van der Waals surface area contributed by atoms with E-state index in [0.29, 0.717) is 25.1 Å². The van der Waals surface area contributed by atoms with E-state index in [2.05, 4.69) is 19.9 Å². The lowest BCUT2D eigenvalue weighted by Gasteiger charge is -2.21. The van der Waals surface area contributed by atoms with Crippen molar-refractivity contribution in [1.82, 2.24) is 19.8 Å². The second kappa shape index (κ2) is 13.2. The molecule has 1 atom stereocenters. The van der Waals surface area contributed by atoms with Gasteiger partial charge in [0.05, 0.1) is 21.9 Å². The van der Waals surface area contributed by atoms with Gasteiger partial charge in [-0.25, -0.2) is 13.4 Å². The van der Waals surface area contributed by atoms with Crippen LogP contribution in [0.25, 0.3) is 21.3 Å². The molecule has 0 radical (unpaired) electrons. The fraction of sp³-hybridized carbons (Fsp3) is 0.556. The van der Waals surface area contributed by atoms with Gasteiger partial charge in [0.2, 0.25) is 21.7 Å². The molecule has 4 rings (SSSR count). The third kappa shape index (κ3) is 9.16. The fourth-order valence-corrected chi connectivity index (χ4v) is 7.14. The smallest absolute Gasteiger partial charge is 0.461 e. The molecule has 0 unspecified atom stereocenters. The zero-order chi connectivity index (χ0) is 33.2. The highest BCUT2D eigenvalue weighted by Gasteiger charge is 2.40. The summed E-state index contributed by atoms with van der Waals surface area (Å²) < 4.78 is 121. The third-order valence-corrected chi connectivity index (χ3v) is 9.73. The van der Waals surface area contributed by atoms with Crippen LogP contribution in [0.4, 0.5) is 26.3 Å². The van der Waals surface area contributed by atoms with E-state index in [9.17, 15) is 39.6 Å². The highest BCUT2D eigenvalue weighted by molar-refractivity contribution is 7.89. The van der Waals surface area contributed by atoms with Gasteiger partial charge in [0.15, 0.2) is 5.01 Å². The van der Waals surface area contributed by atoms with Gasteiger partial charge in [-0.1, -0.05) is 37.3 Å². The quantitative estimate of drug-likeness (QED) is 0.165. The Labute approximate surface area is 258 Å². The van der Waals surface area contributed by atoms with Crippen molar-refractivity contribution in [2.24, 2.45) is 5.92 Å². The zero-order valence-corrected chi connectivity index (χ0v) is 25.9. The molecule has 1 aliphatic rings. The van der Waals surface area contributed by atoms with Crippen LogP contribution in [0.3, 0.4) is 0 Å². The van der Waals surface area contributed by atoms with Gasteiger partial charge in [-0.2, -0.15) is 22.9 Å². The lowest BCUT2D eigenvalue weighted by Crippen LogP contribution is -2.42. The molecule has 0 amide bonds. The predicted molar refractivity (Wildman–Crippen MR) is 149 cm³/mol. The lowest BCUT2D eigenvalue weighted by atomic mass is 9.85. The van der Waals surface area contributed by atoms with Crippen molar-refractivity contribution in [2.75, 3.05) is 0 Å². The van der Waals surface area contributed by atoms with Crippen molar-refractivity contribution in [3.63, 3.8) is 0 Å². The minimum Gasteiger partial charge on any atom is -0.461 e. The van der Waals surface area contributed by atoms with Crippen LogP contribution in [-0.2, 0) is 32.4 Å². The minimum absolute atomic E-state index is 0.0240. The van der Waals surface area contributed by atoms with E-state index < -0.39 is 44.8 Å².